The van der Waals surface area contributed by atoms with Gasteiger partial charge in [0.25, 0.3) is 0 Å². The third-order valence-corrected chi connectivity index (χ3v) is 8.03. The Kier molecular flexibility index (Phi) is 8.59. The van der Waals surface area contributed by atoms with E-state index in [0.29, 0.717) is 48.7 Å². The fraction of sp³-hybridized carbons (Fsp3) is 0.533. The maximum absolute atomic E-state index is 14.9. The van der Waals surface area contributed by atoms with Crippen molar-refractivity contribution in [2.24, 2.45) is 11.8 Å². The molecule has 5 heteroatoms. The van der Waals surface area contributed by atoms with Crippen LogP contribution in [0.1, 0.15) is 87.8 Å². The minimum Gasteiger partial charge on any atom is -0.494 e. The van der Waals surface area contributed by atoms with Gasteiger partial charge in [-0.05, 0) is 112 Å². The van der Waals surface area contributed by atoms with E-state index in [0.717, 1.165) is 49.7 Å². The number of allylic oxidation sites excluding steroid dienone is 2. The Bertz CT molecular complexity index is 1040. The summed E-state index contributed by atoms with van der Waals surface area (Å²) in [5.41, 5.74) is 2.38. The van der Waals surface area contributed by atoms with Crippen LogP contribution in [0.5, 0.6) is 5.75 Å². The van der Waals surface area contributed by atoms with Crippen molar-refractivity contribution < 1.29 is 23.0 Å². The molecule has 0 heterocycles. The van der Waals surface area contributed by atoms with Crippen LogP contribution in [-0.2, 0) is 6.42 Å². The summed E-state index contributed by atoms with van der Waals surface area (Å²) in [6.07, 6.45) is 8.79. The second kappa shape index (κ2) is 11.6. The summed E-state index contributed by atoms with van der Waals surface area (Å²) in [5.74, 6) is -0.291. The molecule has 2 unspecified atom stereocenters. The number of benzene rings is 2. The topological polar surface area (TPSA) is 29.5 Å². The van der Waals surface area contributed by atoms with Crippen molar-refractivity contribution in [1.29, 1.82) is 0 Å². The Morgan fingerprint density at radius 1 is 1.00 bits per heavy atom. The molecular weight excluding hydrogens is 449 g/mol. The molecule has 1 N–H and O–H groups in total. The molecule has 2 atom stereocenters. The lowest BCUT2D eigenvalue weighted by atomic mass is 9.76. The van der Waals surface area contributed by atoms with Crippen molar-refractivity contribution in [3.05, 3.63) is 70.5 Å². The number of ether oxygens (including phenoxy) is 1. The van der Waals surface area contributed by atoms with Gasteiger partial charge in [0.1, 0.15) is 11.6 Å². The van der Waals surface area contributed by atoms with Gasteiger partial charge in [0.15, 0.2) is 11.6 Å². The van der Waals surface area contributed by atoms with Crippen LogP contribution in [-0.4, -0.2) is 17.8 Å². The number of rotatable bonds is 8. The third-order valence-electron chi connectivity index (χ3n) is 8.03. The molecule has 1 fully saturated rings. The van der Waals surface area contributed by atoms with Crippen LogP contribution in [0.3, 0.4) is 0 Å². The molecule has 0 aliphatic heterocycles. The van der Waals surface area contributed by atoms with Crippen molar-refractivity contribution >= 4 is 5.57 Å². The van der Waals surface area contributed by atoms with E-state index >= 15 is 0 Å². The van der Waals surface area contributed by atoms with Crippen molar-refractivity contribution in [2.45, 2.75) is 83.7 Å². The standard InChI is InChI=1S/C30H37F3O2/c1-3-35-25-15-17-26(28(31)18-25)22-7-4-20(5-8-22)6-9-24-14-16-27(30(33)29(24)32)23-12-10-21(11-13-23)19(2)34/h12,14-22,34H,3-11,13H2,1-2H3. The van der Waals surface area contributed by atoms with E-state index in [2.05, 4.69) is 0 Å². The van der Waals surface area contributed by atoms with Gasteiger partial charge in [-0.3, -0.25) is 0 Å². The maximum atomic E-state index is 14.9. The Hall–Kier alpha value is -2.27. The van der Waals surface area contributed by atoms with Gasteiger partial charge in [-0.15, -0.1) is 0 Å². The molecule has 2 aliphatic rings. The molecule has 0 spiro atoms. The summed E-state index contributed by atoms with van der Waals surface area (Å²) in [4.78, 5) is 0. The van der Waals surface area contributed by atoms with E-state index in [-0.39, 0.29) is 23.8 Å². The first-order valence-electron chi connectivity index (χ1n) is 13.1. The Labute approximate surface area is 207 Å². The first-order chi connectivity index (χ1) is 16.9. The molecule has 2 aliphatic carbocycles. The van der Waals surface area contributed by atoms with Gasteiger partial charge >= 0.3 is 0 Å². The van der Waals surface area contributed by atoms with Crippen molar-refractivity contribution in [3.63, 3.8) is 0 Å². The van der Waals surface area contributed by atoms with Crippen LogP contribution < -0.4 is 4.74 Å². The molecule has 2 aromatic rings. The van der Waals surface area contributed by atoms with Crippen LogP contribution >= 0.6 is 0 Å². The SMILES string of the molecule is CCOc1ccc(C2CCC(CCc3ccc(C4=CCC(C(C)O)CC4)c(F)c3F)CC2)c(F)c1. The van der Waals surface area contributed by atoms with Gasteiger partial charge in [-0.2, -0.15) is 0 Å². The number of aliphatic hydroxyl groups excluding tert-OH is 1. The summed E-state index contributed by atoms with van der Waals surface area (Å²) < 4.78 is 49.7. The number of halogens is 3. The Morgan fingerprint density at radius 2 is 1.77 bits per heavy atom. The van der Waals surface area contributed by atoms with E-state index in [1.54, 1.807) is 19.1 Å². The van der Waals surface area contributed by atoms with Crippen LogP contribution in [0.25, 0.3) is 5.57 Å². The van der Waals surface area contributed by atoms with Gasteiger partial charge in [-0.1, -0.05) is 24.3 Å². The molecule has 0 radical (unpaired) electrons. The first-order valence-corrected chi connectivity index (χ1v) is 13.1. The highest BCUT2D eigenvalue weighted by molar-refractivity contribution is 5.67. The summed E-state index contributed by atoms with van der Waals surface area (Å²) in [7, 11) is 0. The zero-order valence-corrected chi connectivity index (χ0v) is 20.8. The molecule has 0 saturated heterocycles. The van der Waals surface area contributed by atoms with E-state index in [1.165, 1.54) is 6.07 Å². The smallest absolute Gasteiger partial charge is 0.166 e. The summed E-state index contributed by atoms with van der Waals surface area (Å²) >= 11 is 0. The lowest BCUT2D eigenvalue weighted by Crippen LogP contribution is -2.18. The lowest BCUT2D eigenvalue weighted by molar-refractivity contribution is 0.120. The molecule has 0 amide bonds. The van der Waals surface area contributed by atoms with Crippen molar-refractivity contribution in [2.75, 3.05) is 6.61 Å². The van der Waals surface area contributed by atoms with Gasteiger partial charge in [-0.25, -0.2) is 13.2 Å². The minimum atomic E-state index is -0.751. The normalized spacial score (nSPS) is 23.6. The van der Waals surface area contributed by atoms with E-state index in [9.17, 15) is 18.3 Å². The molecule has 0 aromatic heterocycles. The molecule has 0 bridgehead atoms. The second-order valence-electron chi connectivity index (χ2n) is 10.3. The van der Waals surface area contributed by atoms with Gasteiger partial charge < -0.3 is 9.84 Å². The third kappa shape index (κ3) is 6.11. The predicted octanol–water partition coefficient (Wildman–Crippen LogP) is 7.97. The highest BCUT2D eigenvalue weighted by atomic mass is 19.2. The van der Waals surface area contributed by atoms with Gasteiger partial charge in [0.05, 0.1) is 12.7 Å². The number of aryl methyl sites for hydroxylation is 1. The fourth-order valence-electron chi connectivity index (χ4n) is 5.78. The highest BCUT2D eigenvalue weighted by Gasteiger charge is 2.26. The average molecular weight is 487 g/mol. The zero-order valence-electron chi connectivity index (χ0n) is 20.8. The predicted molar refractivity (Wildman–Crippen MR) is 134 cm³/mol. The number of aliphatic hydroxyl groups is 1. The zero-order chi connectivity index (χ0) is 24.9. The second-order valence-corrected chi connectivity index (χ2v) is 10.3. The average Bonchev–Trinajstić information content (AvgIpc) is 2.86. The highest BCUT2D eigenvalue weighted by Crippen LogP contribution is 2.40. The molecule has 35 heavy (non-hydrogen) atoms. The quantitative estimate of drug-likeness (QED) is 0.410. The molecule has 2 aromatic carbocycles. The van der Waals surface area contributed by atoms with Crippen LogP contribution in [0.15, 0.2) is 36.4 Å². The number of hydrogen-bond donors (Lipinski definition) is 1. The van der Waals surface area contributed by atoms with Gasteiger partial charge in [0, 0.05) is 11.6 Å². The van der Waals surface area contributed by atoms with E-state index in [1.807, 2.05) is 25.1 Å². The minimum absolute atomic E-state index is 0.187. The van der Waals surface area contributed by atoms with E-state index in [4.69, 9.17) is 4.74 Å². The molecule has 190 valence electrons. The molecule has 1 saturated carbocycles. The van der Waals surface area contributed by atoms with E-state index < -0.39 is 11.6 Å². The van der Waals surface area contributed by atoms with Crippen LogP contribution in [0, 0.1) is 29.3 Å². The monoisotopic (exact) mass is 486 g/mol. The van der Waals surface area contributed by atoms with Crippen LogP contribution in [0.4, 0.5) is 13.2 Å². The Morgan fingerprint density at radius 3 is 2.40 bits per heavy atom. The molecule has 4 rings (SSSR count). The first kappa shape index (κ1) is 25.8. The van der Waals surface area contributed by atoms with Crippen molar-refractivity contribution in [3.8, 4) is 5.75 Å². The largest absolute Gasteiger partial charge is 0.494 e. The fourth-order valence-corrected chi connectivity index (χ4v) is 5.78. The van der Waals surface area contributed by atoms with Gasteiger partial charge in [0.2, 0.25) is 0 Å². The van der Waals surface area contributed by atoms with Crippen LogP contribution in [0.2, 0.25) is 0 Å². The lowest BCUT2D eigenvalue weighted by Gasteiger charge is -2.29. The summed E-state index contributed by atoms with van der Waals surface area (Å²) in [6, 6.07) is 8.60. The number of hydrogen-bond acceptors (Lipinski definition) is 2. The maximum Gasteiger partial charge on any atom is 0.166 e. The summed E-state index contributed by atoms with van der Waals surface area (Å²) in [5, 5.41) is 9.76. The van der Waals surface area contributed by atoms with Crippen molar-refractivity contribution in [1.82, 2.24) is 0 Å². The summed E-state index contributed by atoms with van der Waals surface area (Å²) in [6.45, 7) is 4.17. The molecular formula is C30H37F3O2. The molecule has 2 nitrogen and oxygen atoms in total. The Balaban J connectivity index is 1.32.